The third-order valence-corrected chi connectivity index (χ3v) is 2.06. The highest BCUT2D eigenvalue weighted by Crippen LogP contribution is 2.16. The molecule has 1 saturated heterocycles. The molecule has 11 heavy (non-hydrogen) atoms. The van der Waals surface area contributed by atoms with Gasteiger partial charge in [0.1, 0.15) is 0 Å². The van der Waals surface area contributed by atoms with Gasteiger partial charge in [-0.25, -0.2) is 0 Å². The molecule has 1 aliphatic rings. The lowest BCUT2D eigenvalue weighted by Gasteiger charge is -2.39. The van der Waals surface area contributed by atoms with E-state index in [9.17, 15) is 0 Å². The maximum atomic E-state index is 5.07. The summed E-state index contributed by atoms with van der Waals surface area (Å²) < 4.78 is 5.07. The lowest BCUT2D eigenvalue weighted by molar-refractivity contribution is 0.0276. The van der Waals surface area contributed by atoms with Crippen LogP contribution in [0.4, 0.5) is 0 Å². The number of ether oxygens (including phenoxy) is 1. The minimum atomic E-state index is 0.804. The van der Waals surface area contributed by atoms with Crippen LogP contribution >= 0.6 is 0 Å². The molecule has 0 N–H and O–H groups in total. The van der Waals surface area contributed by atoms with Crippen LogP contribution in [0.5, 0.6) is 0 Å². The highest BCUT2D eigenvalue weighted by molar-refractivity contribution is 4.79. The summed E-state index contributed by atoms with van der Waals surface area (Å²) in [7, 11) is 1.78. The Morgan fingerprint density at radius 3 is 2.55 bits per heavy atom. The number of nitrogens with zero attached hydrogens (tertiary/aromatic N) is 1. The first kappa shape index (κ1) is 9.01. The fraction of sp³-hybridized carbons (Fsp3) is 1.00. The first-order chi connectivity index (χ1) is 5.22. The van der Waals surface area contributed by atoms with Crippen molar-refractivity contribution in [3.63, 3.8) is 0 Å². The summed E-state index contributed by atoms with van der Waals surface area (Å²) >= 11 is 0. The van der Waals surface area contributed by atoms with Crippen molar-refractivity contribution >= 4 is 0 Å². The van der Waals surface area contributed by atoms with Crippen LogP contribution < -0.4 is 0 Å². The second kappa shape index (κ2) is 4.07. The second-order valence-electron chi connectivity index (χ2n) is 3.93. The standard InChI is InChI=1S/C9H19NO/c1-8(2)4-10-5-9(6-10)7-11-3/h8-9H,4-7H2,1-3H3. The molecule has 0 aromatic heterocycles. The minimum absolute atomic E-state index is 0.804. The third kappa shape index (κ3) is 2.80. The Hall–Kier alpha value is -0.0800. The molecule has 1 aliphatic heterocycles. The third-order valence-electron chi connectivity index (χ3n) is 2.06. The van der Waals surface area contributed by atoms with Gasteiger partial charge in [-0.15, -0.1) is 0 Å². The van der Waals surface area contributed by atoms with E-state index < -0.39 is 0 Å². The van der Waals surface area contributed by atoms with Crippen LogP contribution in [0, 0.1) is 11.8 Å². The van der Waals surface area contributed by atoms with Gasteiger partial charge in [-0.3, -0.25) is 0 Å². The number of likely N-dealkylation sites (tertiary alicyclic amines) is 1. The zero-order valence-electron chi connectivity index (χ0n) is 7.84. The normalized spacial score (nSPS) is 20.7. The van der Waals surface area contributed by atoms with Crippen molar-refractivity contribution < 1.29 is 4.74 Å². The molecule has 0 radical (unpaired) electrons. The Kier molecular flexibility index (Phi) is 3.34. The van der Waals surface area contributed by atoms with E-state index in [1.54, 1.807) is 7.11 Å². The second-order valence-corrected chi connectivity index (χ2v) is 3.93. The van der Waals surface area contributed by atoms with E-state index in [2.05, 4.69) is 18.7 Å². The summed E-state index contributed by atoms with van der Waals surface area (Å²) in [6.07, 6.45) is 0. The number of methoxy groups -OCH3 is 1. The molecule has 0 atom stereocenters. The molecule has 1 heterocycles. The fourth-order valence-corrected chi connectivity index (χ4v) is 1.68. The minimum Gasteiger partial charge on any atom is -0.384 e. The van der Waals surface area contributed by atoms with E-state index in [1.807, 2.05) is 0 Å². The molecule has 0 bridgehead atoms. The fourth-order valence-electron chi connectivity index (χ4n) is 1.68. The Labute approximate surface area is 69.5 Å². The van der Waals surface area contributed by atoms with Gasteiger partial charge < -0.3 is 9.64 Å². The van der Waals surface area contributed by atoms with Gasteiger partial charge in [0.15, 0.2) is 0 Å². The number of hydrogen-bond acceptors (Lipinski definition) is 2. The Morgan fingerprint density at radius 2 is 2.09 bits per heavy atom. The number of rotatable bonds is 4. The van der Waals surface area contributed by atoms with E-state index in [0.717, 1.165) is 18.4 Å². The van der Waals surface area contributed by atoms with Crippen molar-refractivity contribution in [1.29, 1.82) is 0 Å². The molecule has 66 valence electrons. The molecule has 0 aromatic carbocycles. The van der Waals surface area contributed by atoms with E-state index in [1.165, 1.54) is 19.6 Å². The summed E-state index contributed by atoms with van der Waals surface area (Å²) in [5.41, 5.74) is 0. The van der Waals surface area contributed by atoms with Gasteiger partial charge in [-0.1, -0.05) is 13.8 Å². The summed E-state index contributed by atoms with van der Waals surface area (Å²) in [6.45, 7) is 9.21. The molecule has 2 nitrogen and oxygen atoms in total. The Morgan fingerprint density at radius 1 is 1.45 bits per heavy atom. The largest absolute Gasteiger partial charge is 0.384 e. The van der Waals surface area contributed by atoms with E-state index in [4.69, 9.17) is 4.74 Å². The summed E-state index contributed by atoms with van der Waals surface area (Å²) in [4.78, 5) is 2.49. The molecular weight excluding hydrogens is 138 g/mol. The van der Waals surface area contributed by atoms with Gasteiger partial charge in [-0.05, 0) is 5.92 Å². The molecule has 0 spiro atoms. The maximum absolute atomic E-state index is 5.07. The molecule has 0 aromatic rings. The van der Waals surface area contributed by atoms with Crippen molar-refractivity contribution in [2.75, 3.05) is 33.4 Å². The summed E-state index contributed by atoms with van der Waals surface area (Å²) in [6, 6.07) is 0. The lowest BCUT2D eigenvalue weighted by Crippen LogP contribution is -2.49. The summed E-state index contributed by atoms with van der Waals surface area (Å²) in [5.74, 6) is 1.61. The van der Waals surface area contributed by atoms with E-state index in [-0.39, 0.29) is 0 Å². The van der Waals surface area contributed by atoms with Crippen LogP contribution in [-0.2, 0) is 4.74 Å². The van der Waals surface area contributed by atoms with E-state index in [0.29, 0.717) is 0 Å². The molecular formula is C9H19NO. The van der Waals surface area contributed by atoms with Crippen molar-refractivity contribution in [2.24, 2.45) is 11.8 Å². The van der Waals surface area contributed by atoms with Gasteiger partial charge >= 0.3 is 0 Å². The van der Waals surface area contributed by atoms with Crippen LogP contribution in [0.3, 0.4) is 0 Å². The average molecular weight is 157 g/mol. The van der Waals surface area contributed by atoms with Crippen molar-refractivity contribution in [3.8, 4) is 0 Å². The molecule has 1 fully saturated rings. The van der Waals surface area contributed by atoms with Gasteiger partial charge in [0.05, 0.1) is 6.61 Å². The van der Waals surface area contributed by atoms with Gasteiger partial charge in [-0.2, -0.15) is 0 Å². The van der Waals surface area contributed by atoms with Crippen LogP contribution in [0.15, 0.2) is 0 Å². The zero-order chi connectivity index (χ0) is 8.27. The molecule has 0 aliphatic carbocycles. The Bertz CT molecular complexity index is 108. The molecule has 1 rings (SSSR count). The topological polar surface area (TPSA) is 12.5 Å². The predicted molar refractivity (Wildman–Crippen MR) is 46.6 cm³/mol. The van der Waals surface area contributed by atoms with Crippen LogP contribution in [0.1, 0.15) is 13.8 Å². The van der Waals surface area contributed by atoms with Crippen LogP contribution in [-0.4, -0.2) is 38.3 Å². The predicted octanol–water partition coefficient (Wildman–Crippen LogP) is 1.22. The number of hydrogen-bond donors (Lipinski definition) is 0. The van der Waals surface area contributed by atoms with Crippen molar-refractivity contribution in [3.05, 3.63) is 0 Å². The average Bonchev–Trinajstić information content (AvgIpc) is 1.82. The lowest BCUT2D eigenvalue weighted by atomic mass is 10.00. The van der Waals surface area contributed by atoms with E-state index >= 15 is 0 Å². The van der Waals surface area contributed by atoms with Gasteiger partial charge in [0.2, 0.25) is 0 Å². The summed E-state index contributed by atoms with van der Waals surface area (Å²) in [5, 5.41) is 0. The Balaban J connectivity index is 2.00. The van der Waals surface area contributed by atoms with Crippen LogP contribution in [0.2, 0.25) is 0 Å². The first-order valence-corrected chi connectivity index (χ1v) is 4.43. The molecule has 0 unspecified atom stereocenters. The quantitative estimate of drug-likeness (QED) is 0.608. The molecule has 2 heteroatoms. The SMILES string of the molecule is COCC1CN(CC(C)C)C1. The van der Waals surface area contributed by atoms with Crippen molar-refractivity contribution in [1.82, 2.24) is 4.90 Å². The zero-order valence-corrected chi connectivity index (χ0v) is 7.84. The smallest absolute Gasteiger partial charge is 0.0515 e. The highest BCUT2D eigenvalue weighted by Gasteiger charge is 2.26. The maximum Gasteiger partial charge on any atom is 0.0515 e. The monoisotopic (exact) mass is 157 g/mol. The molecule has 0 amide bonds. The van der Waals surface area contributed by atoms with Gasteiger partial charge in [0, 0.05) is 32.7 Å². The van der Waals surface area contributed by atoms with Crippen molar-refractivity contribution in [2.45, 2.75) is 13.8 Å². The first-order valence-electron chi connectivity index (χ1n) is 4.43. The van der Waals surface area contributed by atoms with Gasteiger partial charge in [0.25, 0.3) is 0 Å². The van der Waals surface area contributed by atoms with Crippen LogP contribution in [0.25, 0.3) is 0 Å². The highest BCUT2D eigenvalue weighted by atomic mass is 16.5. The molecule has 0 saturated carbocycles.